The maximum atomic E-state index is 13.4. The molecular weight excluding hydrogens is 356 g/mol. The van der Waals surface area contributed by atoms with Gasteiger partial charge >= 0.3 is 0 Å². The summed E-state index contributed by atoms with van der Waals surface area (Å²) in [6.07, 6.45) is 3.25. The van der Waals surface area contributed by atoms with Crippen molar-refractivity contribution >= 4 is 42.2 Å². The summed E-state index contributed by atoms with van der Waals surface area (Å²) in [5.41, 5.74) is 1.24. The van der Waals surface area contributed by atoms with E-state index in [1.165, 1.54) is 6.20 Å². The van der Waals surface area contributed by atoms with Crippen molar-refractivity contribution in [2.75, 3.05) is 0 Å². The van der Waals surface area contributed by atoms with E-state index in [0.717, 1.165) is 26.9 Å². The summed E-state index contributed by atoms with van der Waals surface area (Å²) < 4.78 is 26.7. The van der Waals surface area contributed by atoms with Crippen molar-refractivity contribution in [2.24, 2.45) is 0 Å². The molecule has 0 saturated heterocycles. The van der Waals surface area contributed by atoms with E-state index in [-0.39, 0.29) is 9.92 Å². The minimum absolute atomic E-state index is 0.0806. The van der Waals surface area contributed by atoms with Crippen LogP contribution in [0.25, 0.3) is 43.6 Å². The molecule has 3 heterocycles. The summed E-state index contributed by atoms with van der Waals surface area (Å²) in [5.74, 6) is 0. The Bertz CT molecular complexity index is 1540. The first kappa shape index (κ1) is 14.8. The number of sulfone groups is 1. The monoisotopic (exact) mass is 368 g/mol. The standard InChI is InChI=1S/C22H12N2O2S/c25-27(26)19-12-18-14-5-2-1-4-13(14)7-8-15(18)16-9-11-23-21(20(16)19)17-6-3-10-24-22(17)27/h1-12H. The third-order valence-electron chi connectivity index (χ3n) is 5.30. The third kappa shape index (κ3) is 1.79. The van der Waals surface area contributed by atoms with E-state index >= 15 is 0 Å². The Balaban J connectivity index is 1.95. The Morgan fingerprint density at radius 2 is 1.59 bits per heavy atom. The average molecular weight is 368 g/mol. The molecule has 1 aliphatic heterocycles. The van der Waals surface area contributed by atoms with Crippen LogP contribution in [0.5, 0.6) is 0 Å². The lowest BCUT2D eigenvalue weighted by atomic mass is 9.95. The lowest BCUT2D eigenvalue weighted by molar-refractivity contribution is 0.593. The molecule has 5 aromatic rings. The van der Waals surface area contributed by atoms with Gasteiger partial charge in [-0.15, -0.1) is 0 Å². The van der Waals surface area contributed by atoms with Gasteiger partial charge in [0.15, 0.2) is 5.03 Å². The van der Waals surface area contributed by atoms with Gasteiger partial charge < -0.3 is 0 Å². The fourth-order valence-electron chi connectivity index (χ4n) is 4.13. The lowest BCUT2D eigenvalue weighted by Crippen LogP contribution is -2.12. The van der Waals surface area contributed by atoms with Gasteiger partial charge in [-0.05, 0) is 51.2 Å². The lowest BCUT2D eigenvalue weighted by Gasteiger charge is -2.20. The SMILES string of the molecule is O=S1(=O)c2ncccc2-c2nccc3c2c1cc1c2ccccc2ccc31. The van der Waals surface area contributed by atoms with Gasteiger partial charge in [-0.3, -0.25) is 4.98 Å². The van der Waals surface area contributed by atoms with Crippen LogP contribution >= 0.6 is 0 Å². The van der Waals surface area contributed by atoms with Gasteiger partial charge in [0.2, 0.25) is 9.84 Å². The zero-order valence-corrected chi connectivity index (χ0v) is 14.9. The van der Waals surface area contributed by atoms with Crippen LogP contribution in [0.15, 0.2) is 83.0 Å². The molecule has 27 heavy (non-hydrogen) atoms. The molecule has 4 nitrogen and oxygen atoms in total. The highest BCUT2D eigenvalue weighted by Gasteiger charge is 2.33. The Morgan fingerprint density at radius 3 is 2.52 bits per heavy atom. The second kappa shape index (κ2) is 4.90. The van der Waals surface area contributed by atoms with Crippen molar-refractivity contribution < 1.29 is 8.42 Å². The largest absolute Gasteiger partial charge is 0.255 e. The molecule has 128 valence electrons. The molecule has 0 amide bonds. The molecule has 0 fully saturated rings. The van der Waals surface area contributed by atoms with E-state index in [0.29, 0.717) is 16.6 Å². The summed E-state index contributed by atoms with van der Waals surface area (Å²) in [5, 5.41) is 5.73. The Morgan fingerprint density at radius 1 is 0.704 bits per heavy atom. The number of benzene rings is 3. The van der Waals surface area contributed by atoms with E-state index in [9.17, 15) is 8.42 Å². The maximum Gasteiger partial charge on any atom is 0.225 e. The first-order chi connectivity index (χ1) is 13.2. The molecule has 6 rings (SSSR count). The first-order valence-electron chi connectivity index (χ1n) is 8.60. The van der Waals surface area contributed by atoms with Crippen molar-refractivity contribution in [3.05, 3.63) is 73.1 Å². The maximum absolute atomic E-state index is 13.4. The van der Waals surface area contributed by atoms with Crippen LogP contribution in [0.4, 0.5) is 0 Å². The predicted octanol–water partition coefficient (Wildman–Crippen LogP) is 4.75. The molecule has 0 N–H and O–H groups in total. The third-order valence-corrected chi connectivity index (χ3v) is 7.04. The molecule has 1 aliphatic rings. The molecule has 2 aromatic heterocycles. The summed E-state index contributed by atoms with van der Waals surface area (Å²) in [4.78, 5) is 8.97. The van der Waals surface area contributed by atoms with Gasteiger partial charge in [0.05, 0.1) is 10.6 Å². The van der Waals surface area contributed by atoms with Crippen molar-refractivity contribution in [1.29, 1.82) is 0 Å². The molecule has 0 radical (unpaired) electrons. The molecule has 0 spiro atoms. The second-order valence-electron chi connectivity index (χ2n) is 6.70. The van der Waals surface area contributed by atoms with Crippen molar-refractivity contribution in [3.8, 4) is 11.3 Å². The highest BCUT2D eigenvalue weighted by Crippen LogP contribution is 2.45. The number of hydrogen-bond acceptors (Lipinski definition) is 4. The van der Waals surface area contributed by atoms with Gasteiger partial charge in [0, 0.05) is 23.3 Å². The van der Waals surface area contributed by atoms with E-state index in [1.807, 2.05) is 30.3 Å². The Kier molecular flexibility index (Phi) is 2.69. The van der Waals surface area contributed by atoms with E-state index in [4.69, 9.17) is 0 Å². The number of hydrogen-bond donors (Lipinski definition) is 0. The van der Waals surface area contributed by atoms with E-state index in [1.54, 1.807) is 24.4 Å². The van der Waals surface area contributed by atoms with Crippen LogP contribution in [-0.4, -0.2) is 18.4 Å². The van der Waals surface area contributed by atoms with Crippen LogP contribution < -0.4 is 0 Å². The summed E-state index contributed by atoms with van der Waals surface area (Å²) >= 11 is 0. The van der Waals surface area contributed by atoms with E-state index < -0.39 is 9.84 Å². The van der Waals surface area contributed by atoms with Crippen molar-refractivity contribution in [1.82, 2.24) is 9.97 Å². The highest BCUT2D eigenvalue weighted by molar-refractivity contribution is 7.91. The summed E-state index contributed by atoms with van der Waals surface area (Å²) in [6.45, 7) is 0. The Labute approximate surface area is 155 Å². The first-order valence-corrected chi connectivity index (χ1v) is 10.1. The number of nitrogens with zero attached hydrogens (tertiary/aromatic N) is 2. The van der Waals surface area contributed by atoms with Crippen LogP contribution in [0, 0.1) is 0 Å². The highest BCUT2D eigenvalue weighted by atomic mass is 32.2. The summed E-state index contributed by atoms with van der Waals surface area (Å²) in [7, 11) is -3.72. The molecule has 0 atom stereocenters. The van der Waals surface area contributed by atoms with Crippen molar-refractivity contribution in [3.63, 3.8) is 0 Å². The summed E-state index contributed by atoms with van der Waals surface area (Å²) in [6, 6.07) is 19.4. The number of fused-ring (bicyclic) bond motifs is 6. The van der Waals surface area contributed by atoms with Crippen LogP contribution in [-0.2, 0) is 9.84 Å². The molecule has 0 saturated carbocycles. The normalized spacial score (nSPS) is 14.5. The fourth-order valence-corrected chi connectivity index (χ4v) is 5.74. The molecule has 0 unspecified atom stereocenters. The fraction of sp³-hybridized carbons (Fsp3) is 0. The number of pyridine rings is 2. The molecule has 5 heteroatoms. The zero-order chi connectivity index (χ0) is 18.2. The van der Waals surface area contributed by atoms with Gasteiger partial charge in [-0.2, -0.15) is 0 Å². The quantitative estimate of drug-likeness (QED) is 0.363. The van der Waals surface area contributed by atoms with E-state index in [2.05, 4.69) is 22.1 Å². The molecule has 0 aliphatic carbocycles. The van der Waals surface area contributed by atoms with Crippen LogP contribution in [0.2, 0.25) is 0 Å². The zero-order valence-electron chi connectivity index (χ0n) is 14.0. The van der Waals surface area contributed by atoms with Gasteiger partial charge in [-0.25, -0.2) is 13.4 Å². The van der Waals surface area contributed by atoms with Crippen LogP contribution in [0.1, 0.15) is 0 Å². The minimum atomic E-state index is -3.72. The predicted molar refractivity (Wildman–Crippen MR) is 105 cm³/mol. The van der Waals surface area contributed by atoms with Gasteiger partial charge in [-0.1, -0.05) is 36.4 Å². The van der Waals surface area contributed by atoms with Crippen LogP contribution in [0.3, 0.4) is 0 Å². The average Bonchev–Trinajstić information content (AvgIpc) is 2.71. The number of rotatable bonds is 0. The minimum Gasteiger partial charge on any atom is -0.255 e. The smallest absolute Gasteiger partial charge is 0.225 e. The molecular formula is C22H12N2O2S. The van der Waals surface area contributed by atoms with Gasteiger partial charge in [0.1, 0.15) is 0 Å². The number of aromatic nitrogens is 2. The van der Waals surface area contributed by atoms with Crippen molar-refractivity contribution in [2.45, 2.75) is 9.92 Å². The van der Waals surface area contributed by atoms with Gasteiger partial charge in [0.25, 0.3) is 0 Å². The molecule has 3 aromatic carbocycles. The Hall–Kier alpha value is -3.31. The topological polar surface area (TPSA) is 59.9 Å². The molecule has 0 bridgehead atoms. The second-order valence-corrected chi connectivity index (χ2v) is 8.53.